The van der Waals surface area contributed by atoms with E-state index in [0.29, 0.717) is 0 Å². The van der Waals surface area contributed by atoms with Gasteiger partial charge in [-0.3, -0.25) is 0 Å². The molecule has 5 heteroatoms. The highest BCUT2D eigenvalue weighted by molar-refractivity contribution is 14.1. The standard InChI is InChI=1S/C12H19IO3Si/c1-10-6-5-7-11(8-10)9-12(13)17(14-2,15-3)16-4/h5-8,12H,9H2,1-4H3. The zero-order valence-corrected chi connectivity index (χ0v) is 13.9. The molecule has 0 radical (unpaired) electrons. The summed E-state index contributed by atoms with van der Waals surface area (Å²) in [6.45, 7) is 2.10. The predicted octanol–water partition coefficient (Wildman–Crippen LogP) is 2.76. The normalized spacial score (nSPS) is 13.7. The molecule has 0 saturated heterocycles. The van der Waals surface area contributed by atoms with Crippen molar-refractivity contribution in [2.75, 3.05) is 21.3 Å². The van der Waals surface area contributed by atoms with Crippen LogP contribution in [0.25, 0.3) is 0 Å². The van der Waals surface area contributed by atoms with Crippen molar-refractivity contribution in [3.63, 3.8) is 0 Å². The smallest absolute Gasteiger partial charge is 0.376 e. The van der Waals surface area contributed by atoms with E-state index >= 15 is 0 Å². The van der Waals surface area contributed by atoms with Gasteiger partial charge in [0.25, 0.3) is 0 Å². The molecule has 1 aromatic carbocycles. The molecule has 0 spiro atoms. The molecule has 0 aliphatic heterocycles. The first-order valence-corrected chi connectivity index (χ1v) is 8.47. The Balaban J connectivity index is 2.80. The lowest BCUT2D eigenvalue weighted by Crippen LogP contribution is -2.52. The molecule has 0 fully saturated rings. The average molecular weight is 366 g/mol. The van der Waals surface area contributed by atoms with Crippen molar-refractivity contribution >= 4 is 31.4 Å². The molecule has 0 aliphatic rings. The summed E-state index contributed by atoms with van der Waals surface area (Å²) in [7, 11) is 2.43. The molecule has 96 valence electrons. The summed E-state index contributed by atoms with van der Waals surface area (Å²) in [5.74, 6) is 0. The van der Waals surface area contributed by atoms with Crippen molar-refractivity contribution in [1.82, 2.24) is 0 Å². The lowest BCUT2D eigenvalue weighted by molar-refractivity contribution is 0.123. The lowest BCUT2D eigenvalue weighted by Gasteiger charge is -2.29. The molecule has 17 heavy (non-hydrogen) atoms. The Bertz CT molecular complexity index is 347. The van der Waals surface area contributed by atoms with Gasteiger partial charge in [-0.05, 0) is 18.9 Å². The molecular formula is C12H19IO3Si. The van der Waals surface area contributed by atoms with Crippen LogP contribution in [0.2, 0.25) is 0 Å². The van der Waals surface area contributed by atoms with E-state index in [1.165, 1.54) is 11.1 Å². The largest absolute Gasteiger partial charge is 0.514 e. The summed E-state index contributed by atoms with van der Waals surface area (Å²) in [5.41, 5.74) is 2.55. The van der Waals surface area contributed by atoms with Gasteiger partial charge in [-0.1, -0.05) is 52.4 Å². The Morgan fingerprint density at radius 1 is 1.18 bits per heavy atom. The maximum Gasteiger partial charge on any atom is 0.514 e. The van der Waals surface area contributed by atoms with E-state index in [-0.39, 0.29) is 3.55 Å². The van der Waals surface area contributed by atoms with Gasteiger partial charge in [0.1, 0.15) is 0 Å². The maximum absolute atomic E-state index is 5.49. The van der Waals surface area contributed by atoms with Gasteiger partial charge in [-0.15, -0.1) is 0 Å². The minimum Gasteiger partial charge on any atom is -0.376 e. The van der Waals surface area contributed by atoms with Crippen LogP contribution in [-0.4, -0.2) is 33.7 Å². The number of benzene rings is 1. The summed E-state index contributed by atoms with van der Waals surface area (Å²) < 4.78 is 16.7. The second kappa shape index (κ2) is 6.84. The molecule has 1 rings (SSSR count). The van der Waals surface area contributed by atoms with Crippen molar-refractivity contribution < 1.29 is 13.3 Å². The molecular weight excluding hydrogens is 347 g/mol. The zero-order chi connectivity index (χ0) is 12.9. The van der Waals surface area contributed by atoms with Crippen molar-refractivity contribution in [2.24, 2.45) is 0 Å². The minimum atomic E-state index is -2.53. The first kappa shape index (κ1) is 15.1. The highest BCUT2D eigenvalue weighted by Gasteiger charge is 2.45. The molecule has 1 atom stereocenters. The van der Waals surface area contributed by atoms with E-state index in [2.05, 4.69) is 53.8 Å². The van der Waals surface area contributed by atoms with Crippen LogP contribution in [0.1, 0.15) is 11.1 Å². The van der Waals surface area contributed by atoms with Gasteiger partial charge in [0.2, 0.25) is 0 Å². The van der Waals surface area contributed by atoms with Gasteiger partial charge >= 0.3 is 8.80 Å². The van der Waals surface area contributed by atoms with Crippen LogP contribution >= 0.6 is 22.6 Å². The highest BCUT2D eigenvalue weighted by atomic mass is 127. The Morgan fingerprint density at radius 3 is 2.24 bits per heavy atom. The topological polar surface area (TPSA) is 27.7 Å². The van der Waals surface area contributed by atoms with E-state index in [1.807, 2.05) is 0 Å². The van der Waals surface area contributed by atoms with Crippen molar-refractivity contribution in [3.8, 4) is 0 Å². The molecule has 0 amide bonds. The molecule has 0 N–H and O–H groups in total. The van der Waals surface area contributed by atoms with Gasteiger partial charge in [0, 0.05) is 21.3 Å². The third kappa shape index (κ3) is 3.75. The first-order valence-electron chi connectivity index (χ1n) is 5.43. The Kier molecular flexibility index (Phi) is 6.08. The van der Waals surface area contributed by atoms with Crippen LogP contribution in [0.15, 0.2) is 24.3 Å². The van der Waals surface area contributed by atoms with E-state index in [4.69, 9.17) is 13.3 Å². The van der Waals surface area contributed by atoms with Crippen LogP contribution in [0.5, 0.6) is 0 Å². The lowest BCUT2D eigenvalue weighted by atomic mass is 10.1. The molecule has 1 aromatic rings. The summed E-state index contributed by atoms with van der Waals surface area (Å²) in [5, 5.41) is 0. The quantitative estimate of drug-likeness (QED) is 0.440. The third-order valence-corrected chi connectivity index (χ3v) is 8.14. The maximum atomic E-state index is 5.49. The second-order valence-corrected chi connectivity index (χ2v) is 9.68. The number of aryl methyl sites for hydroxylation is 1. The van der Waals surface area contributed by atoms with Gasteiger partial charge in [-0.2, -0.15) is 0 Å². The Hall–Kier alpha value is 0.0469. The molecule has 3 nitrogen and oxygen atoms in total. The Labute approximate surface area is 118 Å². The molecule has 0 aliphatic carbocycles. The van der Waals surface area contributed by atoms with Crippen LogP contribution in [0, 0.1) is 6.92 Å². The predicted molar refractivity (Wildman–Crippen MR) is 79.5 cm³/mol. The van der Waals surface area contributed by atoms with Crippen LogP contribution < -0.4 is 0 Å². The molecule has 0 aromatic heterocycles. The number of halogens is 1. The molecule has 1 unspecified atom stereocenters. The molecule has 0 saturated carbocycles. The molecule has 0 heterocycles. The number of alkyl halides is 1. The fourth-order valence-electron chi connectivity index (χ4n) is 1.80. The van der Waals surface area contributed by atoms with Crippen LogP contribution in [0.3, 0.4) is 0 Å². The Morgan fingerprint density at radius 2 is 1.76 bits per heavy atom. The van der Waals surface area contributed by atoms with Gasteiger partial charge in [0.05, 0.1) is 3.55 Å². The second-order valence-electron chi connectivity index (χ2n) is 3.88. The fourth-order valence-corrected chi connectivity index (χ4v) is 6.35. The van der Waals surface area contributed by atoms with Crippen LogP contribution in [-0.2, 0) is 19.7 Å². The minimum absolute atomic E-state index is 0.210. The summed E-state index contributed by atoms with van der Waals surface area (Å²) >= 11 is 2.36. The van der Waals surface area contributed by atoms with Crippen molar-refractivity contribution in [1.29, 1.82) is 0 Å². The van der Waals surface area contributed by atoms with E-state index < -0.39 is 8.80 Å². The van der Waals surface area contributed by atoms with Gasteiger partial charge < -0.3 is 13.3 Å². The zero-order valence-electron chi connectivity index (χ0n) is 10.7. The third-order valence-electron chi connectivity index (χ3n) is 2.73. The van der Waals surface area contributed by atoms with E-state index in [1.54, 1.807) is 21.3 Å². The highest BCUT2D eigenvalue weighted by Crippen LogP contribution is 2.23. The first-order chi connectivity index (χ1) is 8.07. The fraction of sp³-hybridized carbons (Fsp3) is 0.500. The number of hydrogen-bond acceptors (Lipinski definition) is 3. The van der Waals surface area contributed by atoms with E-state index in [9.17, 15) is 0 Å². The van der Waals surface area contributed by atoms with E-state index in [0.717, 1.165) is 6.42 Å². The van der Waals surface area contributed by atoms with Gasteiger partial charge in [-0.25, -0.2) is 0 Å². The number of hydrogen-bond donors (Lipinski definition) is 0. The van der Waals surface area contributed by atoms with Crippen molar-refractivity contribution in [3.05, 3.63) is 35.4 Å². The summed E-state index contributed by atoms with van der Waals surface area (Å²) in [4.78, 5) is 0. The summed E-state index contributed by atoms with van der Waals surface area (Å²) in [6, 6.07) is 8.48. The van der Waals surface area contributed by atoms with Crippen LogP contribution in [0.4, 0.5) is 0 Å². The monoisotopic (exact) mass is 366 g/mol. The number of rotatable bonds is 6. The molecule has 0 bridgehead atoms. The summed E-state index contributed by atoms with van der Waals surface area (Å²) in [6.07, 6.45) is 0.893. The SMILES string of the molecule is CO[Si](OC)(OC)C(I)Cc1cccc(C)c1. The van der Waals surface area contributed by atoms with Gasteiger partial charge in [0.15, 0.2) is 0 Å². The van der Waals surface area contributed by atoms with Crippen molar-refractivity contribution in [2.45, 2.75) is 16.9 Å². The average Bonchev–Trinajstić information content (AvgIpc) is 2.32.